The number of aliphatic imine (C=N–C) groups is 1. The number of allylic oxidation sites excluding steroid dienone is 7. The van der Waals surface area contributed by atoms with Crippen molar-refractivity contribution >= 4 is 94.8 Å². The quantitative estimate of drug-likeness (QED) is 0.00856. The molecule has 0 bridgehead atoms. The van der Waals surface area contributed by atoms with Gasteiger partial charge in [0, 0.05) is 92.7 Å². The summed E-state index contributed by atoms with van der Waals surface area (Å²) in [6.07, 6.45) is 10.2. The van der Waals surface area contributed by atoms with E-state index in [4.69, 9.17) is 21.3 Å². The minimum Gasteiger partial charge on any atom is -0.481 e. The van der Waals surface area contributed by atoms with E-state index in [9.17, 15) is 82.7 Å². The van der Waals surface area contributed by atoms with Crippen LogP contribution in [0.1, 0.15) is 160 Å². The van der Waals surface area contributed by atoms with Crippen molar-refractivity contribution in [1.29, 1.82) is 0 Å². The minimum absolute atomic E-state index is 0.00595. The maximum atomic E-state index is 14.1. The molecule has 0 radical (unpaired) electrons. The van der Waals surface area contributed by atoms with Crippen LogP contribution in [0.5, 0.6) is 5.75 Å². The van der Waals surface area contributed by atoms with Crippen molar-refractivity contribution in [3.63, 3.8) is 0 Å². The first-order valence-electron chi connectivity index (χ1n) is 33.2. The van der Waals surface area contributed by atoms with Crippen LogP contribution in [-0.2, 0) is 76.4 Å². The molecule has 1 aliphatic carbocycles. The van der Waals surface area contributed by atoms with Gasteiger partial charge in [-0.05, 0) is 162 Å². The third-order valence-electron chi connectivity index (χ3n) is 17.8. The van der Waals surface area contributed by atoms with Crippen LogP contribution < -0.4 is 37.1 Å². The Morgan fingerprint density at radius 1 is 0.700 bits per heavy atom. The van der Waals surface area contributed by atoms with Crippen molar-refractivity contribution in [3.8, 4) is 5.75 Å². The first-order valence-corrected chi connectivity index (χ1v) is 37.9. The number of rotatable bonds is 41. The summed E-state index contributed by atoms with van der Waals surface area (Å²) >= 11 is 0. The SMILES string of the molecule is CC1(C)C(/C=C/C2=C(Oc3ccc(C[C@H](CC(=O)[C@H](CCCN=C(N)N)NC(=O)CCCCC(=O)CC[C@H](NC(=O)NCCCC(=O)O)C(=O)O)C(=O)O)cc3)C(=C/C=C3/N(CCCCS(=O)(=O)O)c4ccc(S(=O)(=O)O)cc4C3(C)C)/CCC2)=[N+](CCCCS(=O)(=O)O)c2ccccc21. The van der Waals surface area contributed by atoms with Crippen molar-refractivity contribution < 1.29 is 97.1 Å². The molecule has 28 nitrogen and oxygen atoms in total. The normalized spacial score (nSPS) is 16.8. The molecule has 13 N–H and O–H groups in total. The van der Waals surface area contributed by atoms with Crippen molar-refractivity contribution in [1.82, 2.24) is 16.0 Å². The van der Waals surface area contributed by atoms with E-state index in [1.165, 1.54) is 12.1 Å². The largest absolute Gasteiger partial charge is 0.481 e. The number of para-hydroxylation sites is 1. The minimum atomic E-state index is -4.61. The highest BCUT2D eigenvalue weighted by molar-refractivity contribution is 7.86. The van der Waals surface area contributed by atoms with Gasteiger partial charge in [-0.15, -0.1) is 0 Å². The zero-order chi connectivity index (χ0) is 73.8. The number of nitrogens with one attached hydrogen (secondary N) is 3. The first kappa shape index (κ1) is 80.4. The van der Waals surface area contributed by atoms with Crippen LogP contribution in [0.15, 0.2) is 124 Å². The lowest BCUT2D eigenvalue weighted by atomic mass is 9.81. The molecule has 100 heavy (non-hydrogen) atoms. The molecule has 3 aromatic carbocycles. The van der Waals surface area contributed by atoms with E-state index in [-0.39, 0.29) is 120 Å². The summed E-state index contributed by atoms with van der Waals surface area (Å²) in [5.74, 6) is -6.58. The number of fused-ring (bicyclic) bond motifs is 2. The zero-order valence-electron chi connectivity index (χ0n) is 56.7. The Labute approximate surface area is 583 Å². The molecule has 0 saturated carbocycles. The number of hydrogen-bond acceptors (Lipinski definition) is 16. The van der Waals surface area contributed by atoms with E-state index in [0.717, 1.165) is 28.1 Å². The van der Waals surface area contributed by atoms with Crippen LogP contribution in [0, 0.1) is 5.92 Å². The third-order valence-corrected chi connectivity index (χ3v) is 20.2. The number of anilines is 1. The van der Waals surface area contributed by atoms with Crippen LogP contribution in [0.25, 0.3) is 0 Å². The number of ether oxygens (including phenoxy) is 1. The molecule has 3 atom stereocenters. The Hall–Kier alpha value is -8.62. The van der Waals surface area contributed by atoms with Gasteiger partial charge >= 0.3 is 23.9 Å². The fourth-order valence-corrected chi connectivity index (χ4v) is 14.2. The first-order chi connectivity index (χ1) is 46.9. The molecule has 0 fully saturated rings. The molecular weight excluding hydrogens is 1360 g/mol. The molecule has 3 aliphatic rings. The van der Waals surface area contributed by atoms with E-state index in [2.05, 4.69) is 39.4 Å². The summed E-state index contributed by atoms with van der Waals surface area (Å²) in [5, 5.41) is 36.3. The standard InChI is InChI=1S/C69H92N8O20S3/c1-68(2)52-19-6-7-21-56(52)76(38-9-11-40-98(88,89)90)59(68)34-26-46-16-13-17-47(27-35-60-69(3,4)53-44-51(100(94,95)96)31-33-57(53)77(60)39-10-12-41-99(91,92)93)63(46)97-50-29-24-45(25-30-50)42-48(64(83)84)43-58(79)54(20-14-36-72-66(70)71)74-61(80)22-8-5-18-49(78)28-32-55(65(85)86)75-67(87)73-37-15-23-62(81)82/h6-7,19,21,24-27,29-31,33-35,44,48,54-55H,5,8-18,20,22-23,28,32,36-43H2,1-4H3,(H12-,70,71,72,73,74,75,80,81,82,83,84,85,86,87,88,89,90,91,92,93,94,95,96)/p+1/t48-,54+,55+/m1/s1. The van der Waals surface area contributed by atoms with Gasteiger partial charge in [0.15, 0.2) is 17.5 Å². The van der Waals surface area contributed by atoms with E-state index in [1.54, 1.807) is 30.3 Å². The number of urea groups is 1. The number of carbonyl (C=O) groups excluding carboxylic acids is 4. The molecule has 0 unspecified atom stereocenters. The van der Waals surface area contributed by atoms with Crippen LogP contribution in [0.4, 0.5) is 16.2 Å². The lowest BCUT2D eigenvalue weighted by Gasteiger charge is -2.27. The van der Waals surface area contributed by atoms with Crippen molar-refractivity contribution in [2.45, 2.75) is 177 Å². The molecule has 0 saturated heterocycles. The van der Waals surface area contributed by atoms with Gasteiger partial charge < -0.3 is 52.4 Å². The van der Waals surface area contributed by atoms with E-state index >= 15 is 0 Å². The molecule has 3 amide bonds. The zero-order valence-corrected chi connectivity index (χ0v) is 59.1. The van der Waals surface area contributed by atoms with Crippen LogP contribution in [0.3, 0.4) is 0 Å². The molecular formula is C69H93N8O20S3+. The topological polar surface area (TPSA) is 459 Å². The number of benzene rings is 3. The highest BCUT2D eigenvalue weighted by Gasteiger charge is 2.45. The lowest BCUT2D eigenvalue weighted by molar-refractivity contribution is -0.438. The average molecular weight is 1450 g/mol. The predicted molar refractivity (Wildman–Crippen MR) is 374 cm³/mol. The smallest absolute Gasteiger partial charge is 0.326 e. The van der Waals surface area contributed by atoms with Crippen molar-refractivity contribution in [2.75, 3.05) is 42.6 Å². The summed E-state index contributed by atoms with van der Waals surface area (Å²) in [7, 11) is -13.1. The number of Topliss-reactive ketones (excluding diaryl/α,β-unsaturated/α-hetero) is 2. The third kappa shape index (κ3) is 24.3. The number of unbranched alkanes of at least 4 members (excludes halogenated alkanes) is 3. The molecule has 6 rings (SSSR count). The van der Waals surface area contributed by atoms with Crippen LogP contribution in [-0.4, -0.2) is 162 Å². The predicted octanol–water partition coefficient (Wildman–Crippen LogP) is 7.59. The van der Waals surface area contributed by atoms with Crippen molar-refractivity contribution in [3.05, 3.63) is 130 Å². The van der Waals surface area contributed by atoms with Gasteiger partial charge in [0.05, 0.1) is 33.8 Å². The summed E-state index contributed by atoms with van der Waals surface area (Å²) in [6.45, 7) is 8.80. The number of amides is 3. The monoisotopic (exact) mass is 1450 g/mol. The molecule has 2 aliphatic heterocycles. The van der Waals surface area contributed by atoms with Gasteiger partial charge in [-0.1, -0.05) is 50.3 Å². The van der Waals surface area contributed by atoms with Gasteiger partial charge in [0.1, 0.15) is 29.9 Å². The fourth-order valence-electron chi connectivity index (χ4n) is 12.5. The summed E-state index contributed by atoms with van der Waals surface area (Å²) in [5.41, 5.74) is 16.5. The Morgan fingerprint density at radius 2 is 1.38 bits per heavy atom. The maximum absolute atomic E-state index is 14.1. The highest BCUT2D eigenvalue weighted by atomic mass is 32.2. The van der Waals surface area contributed by atoms with Gasteiger partial charge in [0.2, 0.25) is 11.6 Å². The molecule has 0 aromatic heterocycles. The number of hydrogen-bond donors (Lipinski definition) is 11. The summed E-state index contributed by atoms with van der Waals surface area (Å²) in [6, 6.07) is 15.6. The average Bonchev–Trinajstić information content (AvgIpc) is 1.60. The van der Waals surface area contributed by atoms with Crippen LogP contribution >= 0.6 is 0 Å². The van der Waals surface area contributed by atoms with E-state index in [0.29, 0.717) is 72.7 Å². The number of carbonyl (C=O) groups is 7. The molecule has 2 heterocycles. The highest BCUT2D eigenvalue weighted by Crippen LogP contribution is 2.49. The fraction of sp³-hybridized carbons (Fsp3) is 0.493. The molecule has 3 aromatic rings. The van der Waals surface area contributed by atoms with Gasteiger partial charge in [-0.25, -0.2) is 9.59 Å². The Bertz CT molecular complexity index is 4060. The molecule has 546 valence electrons. The lowest BCUT2D eigenvalue weighted by Crippen LogP contribution is -2.46. The number of aliphatic carboxylic acids is 3. The second-order valence-corrected chi connectivity index (χ2v) is 30.7. The Morgan fingerprint density at radius 3 is 2.03 bits per heavy atom. The van der Waals surface area contributed by atoms with Gasteiger partial charge in [-0.2, -0.15) is 29.8 Å². The van der Waals surface area contributed by atoms with E-state index in [1.807, 2.05) is 67.3 Å². The molecule has 31 heteroatoms. The number of carboxylic acid groups (broad SMARTS) is 3. The van der Waals surface area contributed by atoms with Crippen molar-refractivity contribution in [2.24, 2.45) is 22.4 Å². The second-order valence-electron chi connectivity index (χ2n) is 26.2. The molecule has 0 spiro atoms. The number of nitrogens with two attached hydrogens (primary N) is 2. The number of nitrogens with zero attached hydrogens (tertiary/aromatic N) is 3. The van der Waals surface area contributed by atoms with E-state index < -0.39 is 113 Å². The number of guanidine groups is 1. The maximum Gasteiger partial charge on any atom is 0.326 e. The summed E-state index contributed by atoms with van der Waals surface area (Å²) in [4.78, 5) is 93.4. The van der Waals surface area contributed by atoms with Gasteiger partial charge in [-0.3, -0.25) is 42.6 Å². The van der Waals surface area contributed by atoms with Crippen LogP contribution in [0.2, 0.25) is 0 Å². The number of ketones is 2. The van der Waals surface area contributed by atoms with Gasteiger partial charge in [0.25, 0.3) is 30.4 Å². The summed E-state index contributed by atoms with van der Waals surface area (Å²) < 4.78 is 110. The second kappa shape index (κ2) is 36.1. The Kier molecular flexibility index (Phi) is 29.0. The Balaban J connectivity index is 1.25. The number of carboxylic acids is 3.